The third-order valence-electron chi connectivity index (χ3n) is 4.52. The number of hydrogen-bond acceptors (Lipinski definition) is 0. The first kappa shape index (κ1) is 14.2. The van der Waals surface area contributed by atoms with Gasteiger partial charge in [0.25, 0.3) is 6.30 Å². The standard InChI is InChI=1S/C23H21N2/c1-18-11-9-10-16-22(18)24-17-25(21-14-7-4-8-15-21)23(19(24)2)20-12-5-3-6-13-20/h3-17H,1-2H3/q+1/i17D. The lowest BCUT2D eigenvalue weighted by molar-refractivity contribution is -0.601. The van der Waals surface area contributed by atoms with Crippen molar-refractivity contribution in [2.45, 2.75) is 13.8 Å². The summed E-state index contributed by atoms with van der Waals surface area (Å²) >= 11 is 0. The fourth-order valence-electron chi connectivity index (χ4n) is 3.24. The quantitative estimate of drug-likeness (QED) is 0.467. The van der Waals surface area contributed by atoms with Crippen molar-refractivity contribution in [3.8, 4) is 22.6 Å². The minimum absolute atomic E-state index is 0.446. The van der Waals surface area contributed by atoms with E-state index in [2.05, 4.69) is 38.1 Å². The van der Waals surface area contributed by atoms with Crippen molar-refractivity contribution in [2.75, 3.05) is 0 Å². The third kappa shape index (κ3) is 2.76. The molecule has 25 heavy (non-hydrogen) atoms. The van der Waals surface area contributed by atoms with E-state index in [1.807, 2.05) is 69.8 Å². The lowest BCUT2D eigenvalue weighted by atomic mass is 10.1. The van der Waals surface area contributed by atoms with E-state index in [1.165, 1.54) is 0 Å². The average Bonchev–Trinajstić information content (AvgIpc) is 2.94. The summed E-state index contributed by atoms with van der Waals surface area (Å²) < 4.78 is 13.0. The van der Waals surface area contributed by atoms with Gasteiger partial charge in [-0.05, 0) is 30.7 Å². The summed E-state index contributed by atoms with van der Waals surface area (Å²) in [5.74, 6) is 0. The molecule has 0 fully saturated rings. The van der Waals surface area contributed by atoms with Crippen LogP contribution in [0.3, 0.4) is 0 Å². The van der Waals surface area contributed by atoms with E-state index in [4.69, 9.17) is 1.37 Å². The second-order valence-electron chi connectivity index (χ2n) is 6.19. The van der Waals surface area contributed by atoms with Crippen molar-refractivity contribution in [2.24, 2.45) is 0 Å². The summed E-state index contributed by atoms with van der Waals surface area (Å²) in [6.07, 6.45) is 0.446. The van der Waals surface area contributed by atoms with Crippen molar-refractivity contribution in [1.82, 2.24) is 4.57 Å². The number of aromatic nitrogens is 2. The van der Waals surface area contributed by atoms with Crippen LogP contribution in [0.5, 0.6) is 0 Å². The van der Waals surface area contributed by atoms with Gasteiger partial charge < -0.3 is 0 Å². The van der Waals surface area contributed by atoms with E-state index in [-0.39, 0.29) is 0 Å². The number of benzene rings is 3. The molecular weight excluding hydrogens is 304 g/mol. The third-order valence-corrected chi connectivity index (χ3v) is 4.52. The molecule has 0 saturated heterocycles. The number of imidazole rings is 1. The summed E-state index contributed by atoms with van der Waals surface area (Å²) in [6.45, 7) is 4.18. The largest absolute Gasteiger partial charge is 0.254 e. The highest BCUT2D eigenvalue weighted by atomic mass is 15.2. The van der Waals surface area contributed by atoms with Crippen LogP contribution in [0.15, 0.2) is 91.2 Å². The Kier molecular flexibility index (Phi) is 3.65. The second kappa shape index (κ2) is 6.40. The number of aryl methyl sites for hydroxylation is 1. The van der Waals surface area contributed by atoms with E-state index in [9.17, 15) is 0 Å². The topological polar surface area (TPSA) is 8.81 Å². The molecule has 0 unspecified atom stereocenters. The molecule has 3 aromatic carbocycles. The van der Waals surface area contributed by atoms with Crippen molar-refractivity contribution in [3.63, 3.8) is 0 Å². The van der Waals surface area contributed by atoms with E-state index in [0.29, 0.717) is 6.30 Å². The van der Waals surface area contributed by atoms with Crippen LogP contribution in [-0.4, -0.2) is 4.57 Å². The second-order valence-corrected chi connectivity index (χ2v) is 6.19. The molecule has 4 aromatic rings. The lowest BCUT2D eigenvalue weighted by Crippen LogP contribution is -2.32. The first-order valence-electron chi connectivity index (χ1n) is 8.99. The SMILES string of the molecule is [2H]c1n(-c2ccccc2)c(-c2ccccc2)c(C)[n+]1-c1ccccc1C. The molecule has 2 heteroatoms. The Morgan fingerprint density at radius 1 is 0.760 bits per heavy atom. The van der Waals surface area contributed by atoms with Gasteiger partial charge in [-0.2, -0.15) is 9.13 Å². The Labute approximate surface area is 150 Å². The Morgan fingerprint density at radius 2 is 1.36 bits per heavy atom. The smallest absolute Gasteiger partial charge is 0.199 e. The Morgan fingerprint density at radius 3 is 2.04 bits per heavy atom. The van der Waals surface area contributed by atoms with Crippen LogP contribution >= 0.6 is 0 Å². The summed E-state index contributed by atoms with van der Waals surface area (Å²) in [4.78, 5) is 0. The number of para-hydroxylation sites is 2. The minimum Gasteiger partial charge on any atom is -0.199 e. The highest BCUT2D eigenvalue weighted by Gasteiger charge is 2.24. The fourth-order valence-corrected chi connectivity index (χ4v) is 3.24. The molecule has 0 N–H and O–H groups in total. The maximum absolute atomic E-state index is 8.96. The van der Waals surface area contributed by atoms with Gasteiger partial charge in [-0.3, -0.25) is 0 Å². The van der Waals surface area contributed by atoms with Gasteiger partial charge in [0, 0.05) is 12.5 Å². The van der Waals surface area contributed by atoms with Crippen molar-refractivity contribution >= 4 is 0 Å². The normalized spacial score (nSPS) is 11.4. The Balaban J connectivity index is 2.08. The van der Waals surface area contributed by atoms with Gasteiger partial charge in [-0.1, -0.05) is 66.7 Å². The molecule has 0 bridgehead atoms. The van der Waals surface area contributed by atoms with Crippen LogP contribution in [-0.2, 0) is 0 Å². The Bertz CT molecular complexity index is 988. The van der Waals surface area contributed by atoms with E-state index in [1.54, 1.807) is 0 Å². The summed E-state index contributed by atoms with van der Waals surface area (Å²) in [7, 11) is 0. The zero-order valence-corrected chi connectivity index (χ0v) is 14.5. The molecule has 122 valence electrons. The first-order valence-corrected chi connectivity index (χ1v) is 8.49. The number of rotatable bonds is 3. The van der Waals surface area contributed by atoms with Gasteiger partial charge in [-0.15, -0.1) is 0 Å². The van der Waals surface area contributed by atoms with Gasteiger partial charge in [-0.25, -0.2) is 0 Å². The van der Waals surface area contributed by atoms with Crippen LogP contribution in [0.1, 0.15) is 12.6 Å². The highest BCUT2D eigenvalue weighted by Crippen LogP contribution is 2.26. The highest BCUT2D eigenvalue weighted by molar-refractivity contribution is 5.64. The monoisotopic (exact) mass is 326 g/mol. The maximum atomic E-state index is 8.96. The summed E-state index contributed by atoms with van der Waals surface area (Å²) in [6, 6.07) is 28.6. The van der Waals surface area contributed by atoms with Gasteiger partial charge in [0.1, 0.15) is 11.4 Å². The summed E-state index contributed by atoms with van der Waals surface area (Å²) in [5.41, 5.74) is 6.40. The molecule has 2 nitrogen and oxygen atoms in total. The molecule has 0 radical (unpaired) electrons. The van der Waals surface area contributed by atoms with Crippen LogP contribution in [0.25, 0.3) is 22.6 Å². The van der Waals surface area contributed by atoms with Gasteiger partial charge in [0.05, 0.1) is 0 Å². The van der Waals surface area contributed by atoms with Gasteiger partial charge in [0.15, 0.2) is 12.8 Å². The lowest BCUT2D eigenvalue weighted by Gasteiger charge is -2.03. The van der Waals surface area contributed by atoms with Gasteiger partial charge >= 0.3 is 0 Å². The van der Waals surface area contributed by atoms with Crippen molar-refractivity contribution in [1.29, 1.82) is 0 Å². The molecule has 1 aromatic heterocycles. The fraction of sp³-hybridized carbons (Fsp3) is 0.0870. The minimum atomic E-state index is 0.446. The molecular formula is C23H21N2+. The first-order chi connectivity index (χ1) is 12.7. The predicted octanol–water partition coefficient (Wildman–Crippen LogP) is 5.04. The molecule has 0 atom stereocenters. The van der Waals surface area contributed by atoms with Crippen LogP contribution in [0, 0.1) is 13.8 Å². The molecule has 0 aliphatic heterocycles. The van der Waals surface area contributed by atoms with Crippen LogP contribution in [0.4, 0.5) is 0 Å². The average molecular weight is 326 g/mol. The maximum Gasteiger partial charge on any atom is 0.254 e. The van der Waals surface area contributed by atoms with E-state index in [0.717, 1.165) is 33.9 Å². The molecule has 0 amide bonds. The molecule has 0 aliphatic carbocycles. The van der Waals surface area contributed by atoms with Crippen molar-refractivity contribution in [3.05, 3.63) is 102 Å². The molecule has 0 saturated carbocycles. The number of nitrogens with zero attached hydrogens (tertiary/aromatic N) is 2. The summed E-state index contributed by atoms with van der Waals surface area (Å²) in [5, 5.41) is 0. The molecule has 1 heterocycles. The predicted molar refractivity (Wildman–Crippen MR) is 102 cm³/mol. The molecule has 0 spiro atoms. The van der Waals surface area contributed by atoms with Gasteiger partial charge in [0.2, 0.25) is 0 Å². The van der Waals surface area contributed by atoms with E-state index < -0.39 is 0 Å². The van der Waals surface area contributed by atoms with Crippen LogP contribution < -0.4 is 4.57 Å². The van der Waals surface area contributed by atoms with E-state index >= 15 is 0 Å². The molecule has 4 rings (SSSR count). The zero-order valence-electron chi connectivity index (χ0n) is 15.5. The molecule has 0 aliphatic rings. The van der Waals surface area contributed by atoms with Crippen LogP contribution in [0.2, 0.25) is 0 Å². The number of hydrogen-bond donors (Lipinski definition) is 0. The Hall–Kier alpha value is -3.13. The zero-order chi connectivity index (χ0) is 18.1. The van der Waals surface area contributed by atoms with Crippen molar-refractivity contribution < 1.29 is 5.94 Å².